The van der Waals surface area contributed by atoms with E-state index in [4.69, 9.17) is 4.74 Å². The number of aliphatic hydroxyl groups is 1. The first-order valence-corrected chi connectivity index (χ1v) is 11.8. The monoisotopic (exact) mass is 464 g/mol. The van der Waals surface area contributed by atoms with Gasteiger partial charge in [0.15, 0.2) is 0 Å². The number of aryl methyl sites for hydroxylation is 1. The molecule has 35 heavy (non-hydrogen) atoms. The Morgan fingerprint density at radius 3 is 2.71 bits per heavy atom. The van der Waals surface area contributed by atoms with Gasteiger partial charge in [0.2, 0.25) is 0 Å². The molecule has 1 unspecified atom stereocenters. The van der Waals surface area contributed by atoms with Gasteiger partial charge < -0.3 is 20.1 Å². The molecule has 0 radical (unpaired) electrons. The highest BCUT2D eigenvalue weighted by Gasteiger charge is 2.29. The number of hydrogen-bond acceptors (Lipinski definition) is 6. The molecule has 3 aromatic carbocycles. The second kappa shape index (κ2) is 9.75. The number of ether oxygens (including phenoxy) is 1. The SMILES string of the molecule is Cc1cc(Nc2ncnc3ccc(C#CC4(O)CCCN(C)C4)cc23)ccc1Oc1ccccc1. The molecule has 0 saturated carbocycles. The van der Waals surface area contributed by atoms with Crippen LogP contribution in [0.1, 0.15) is 24.0 Å². The predicted molar refractivity (Wildman–Crippen MR) is 139 cm³/mol. The van der Waals surface area contributed by atoms with Gasteiger partial charge in [0.1, 0.15) is 29.2 Å². The van der Waals surface area contributed by atoms with Crippen LogP contribution >= 0.6 is 0 Å². The maximum Gasteiger partial charge on any atom is 0.141 e. The van der Waals surface area contributed by atoms with Crippen molar-refractivity contribution in [2.75, 3.05) is 25.5 Å². The van der Waals surface area contributed by atoms with Crippen LogP contribution in [0.3, 0.4) is 0 Å². The molecule has 6 heteroatoms. The maximum absolute atomic E-state index is 10.8. The maximum atomic E-state index is 10.8. The van der Waals surface area contributed by atoms with Crippen LogP contribution in [0.2, 0.25) is 0 Å². The number of nitrogens with zero attached hydrogens (tertiary/aromatic N) is 3. The number of benzene rings is 3. The van der Waals surface area contributed by atoms with Crippen LogP contribution in [0.4, 0.5) is 11.5 Å². The molecule has 5 rings (SSSR count). The van der Waals surface area contributed by atoms with Gasteiger partial charge in [-0.1, -0.05) is 30.0 Å². The zero-order valence-corrected chi connectivity index (χ0v) is 20.0. The van der Waals surface area contributed by atoms with E-state index in [2.05, 4.69) is 32.0 Å². The van der Waals surface area contributed by atoms with Crippen LogP contribution in [0.5, 0.6) is 11.5 Å². The molecule has 0 bridgehead atoms. The topological polar surface area (TPSA) is 70.5 Å². The second-order valence-electron chi connectivity index (χ2n) is 9.10. The number of piperidine rings is 1. The van der Waals surface area contributed by atoms with Gasteiger partial charge in [0.05, 0.1) is 5.52 Å². The lowest BCUT2D eigenvalue weighted by Gasteiger charge is -2.33. The summed E-state index contributed by atoms with van der Waals surface area (Å²) in [5.41, 5.74) is 2.58. The molecule has 2 N–H and O–H groups in total. The number of anilines is 2. The normalized spacial score (nSPS) is 18.0. The van der Waals surface area contributed by atoms with E-state index in [9.17, 15) is 5.11 Å². The number of para-hydroxylation sites is 1. The summed E-state index contributed by atoms with van der Waals surface area (Å²) in [6.07, 6.45) is 3.18. The highest BCUT2D eigenvalue weighted by atomic mass is 16.5. The number of fused-ring (bicyclic) bond motifs is 1. The molecule has 1 aliphatic heterocycles. The number of aromatic nitrogens is 2. The first-order valence-electron chi connectivity index (χ1n) is 11.8. The van der Waals surface area contributed by atoms with Crippen molar-refractivity contribution in [3.05, 3.63) is 84.2 Å². The van der Waals surface area contributed by atoms with Crippen molar-refractivity contribution >= 4 is 22.4 Å². The van der Waals surface area contributed by atoms with Crippen LogP contribution in [-0.2, 0) is 0 Å². The van der Waals surface area contributed by atoms with Crippen LogP contribution < -0.4 is 10.1 Å². The summed E-state index contributed by atoms with van der Waals surface area (Å²) in [6.45, 7) is 3.57. The van der Waals surface area contributed by atoms with E-state index in [1.54, 1.807) is 6.33 Å². The van der Waals surface area contributed by atoms with Crippen LogP contribution in [0, 0.1) is 18.8 Å². The fourth-order valence-electron chi connectivity index (χ4n) is 4.36. The highest BCUT2D eigenvalue weighted by Crippen LogP contribution is 2.30. The van der Waals surface area contributed by atoms with Gasteiger partial charge in [-0.05, 0) is 87.5 Å². The van der Waals surface area contributed by atoms with Gasteiger partial charge >= 0.3 is 0 Å². The third kappa shape index (κ3) is 5.43. The van der Waals surface area contributed by atoms with Crippen molar-refractivity contribution in [1.29, 1.82) is 0 Å². The molecule has 176 valence electrons. The Morgan fingerprint density at radius 2 is 1.91 bits per heavy atom. The zero-order chi connectivity index (χ0) is 24.3. The van der Waals surface area contributed by atoms with Crippen molar-refractivity contribution in [3.8, 4) is 23.3 Å². The minimum Gasteiger partial charge on any atom is -0.457 e. The molecule has 0 amide bonds. The molecule has 1 aromatic heterocycles. The van der Waals surface area contributed by atoms with Crippen molar-refractivity contribution in [2.24, 2.45) is 0 Å². The Balaban J connectivity index is 1.39. The molecular weight excluding hydrogens is 436 g/mol. The lowest BCUT2D eigenvalue weighted by atomic mass is 9.93. The molecular formula is C29H28N4O2. The van der Waals surface area contributed by atoms with Gasteiger partial charge in [-0.15, -0.1) is 0 Å². The second-order valence-corrected chi connectivity index (χ2v) is 9.10. The van der Waals surface area contributed by atoms with Gasteiger partial charge in [0, 0.05) is 23.2 Å². The van der Waals surface area contributed by atoms with Crippen LogP contribution in [0.25, 0.3) is 10.9 Å². The van der Waals surface area contributed by atoms with E-state index < -0.39 is 5.60 Å². The molecule has 1 aliphatic rings. The largest absolute Gasteiger partial charge is 0.457 e. The summed E-state index contributed by atoms with van der Waals surface area (Å²) >= 11 is 0. The molecule has 0 aliphatic carbocycles. The minimum absolute atomic E-state index is 0.562. The van der Waals surface area contributed by atoms with Gasteiger partial charge in [-0.25, -0.2) is 9.97 Å². The third-order valence-corrected chi connectivity index (χ3v) is 6.15. The molecule has 0 spiro atoms. The van der Waals surface area contributed by atoms with Gasteiger partial charge in [-0.2, -0.15) is 0 Å². The zero-order valence-electron chi connectivity index (χ0n) is 20.0. The van der Waals surface area contributed by atoms with E-state index >= 15 is 0 Å². The Bertz CT molecular complexity index is 1410. The quantitative estimate of drug-likeness (QED) is 0.400. The average Bonchev–Trinajstić information content (AvgIpc) is 2.85. The Morgan fingerprint density at radius 1 is 1.06 bits per heavy atom. The fraction of sp³-hybridized carbons (Fsp3) is 0.241. The Kier molecular flexibility index (Phi) is 6.37. The Hall–Kier alpha value is -3.92. The summed E-state index contributed by atoms with van der Waals surface area (Å²) in [4.78, 5) is 11.0. The highest BCUT2D eigenvalue weighted by molar-refractivity contribution is 5.91. The standard InChI is InChI=1S/C29H28N4O2/c1-21-17-23(10-12-27(21)35-24-7-4-3-5-8-24)32-28-25-18-22(9-11-26(25)30-20-31-28)13-15-29(34)14-6-16-33(2)19-29/h3-5,7-12,17-18,20,34H,6,14,16,19H2,1-2H3,(H,30,31,32). The molecule has 4 aromatic rings. The third-order valence-electron chi connectivity index (χ3n) is 6.15. The van der Waals surface area contributed by atoms with E-state index in [1.165, 1.54) is 0 Å². The lowest BCUT2D eigenvalue weighted by molar-refractivity contribution is 0.0263. The van der Waals surface area contributed by atoms with E-state index in [-0.39, 0.29) is 0 Å². The summed E-state index contributed by atoms with van der Waals surface area (Å²) in [5.74, 6) is 8.58. The number of β-amino-alcohol motifs (C(OH)–C–C–N with tert-alkyl or cyclic N) is 1. The number of likely N-dealkylation sites (N-methyl/N-ethyl adjacent to an activating group) is 1. The summed E-state index contributed by atoms with van der Waals surface area (Å²) in [5, 5.41) is 15.1. The lowest BCUT2D eigenvalue weighted by Crippen LogP contribution is -2.45. The first-order chi connectivity index (χ1) is 17.0. The van der Waals surface area contributed by atoms with Crippen molar-refractivity contribution in [2.45, 2.75) is 25.4 Å². The molecule has 6 nitrogen and oxygen atoms in total. The van der Waals surface area contributed by atoms with E-state index in [1.807, 2.05) is 80.7 Å². The minimum atomic E-state index is -0.975. The van der Waals surface area contributed by atoms with Crippen molar-refractivity contribution in [1.82, 2.24) is 14.9 Å². The molecule has 1 saturated heterocycles. The van der Waals surface area contributed by atoms with E-state index in [0.717, 1.165) is 52.2 Å². The number of nitrogens with one attached hydrogen (secondary N) is 1. The Labute approximate surface area is 205 Å². The number of rotatable bonds is 4. The summed E-state index contributed by atoms with van der Waals surface area (Å²) < 4.78 is 6.00. The molecule has 1 atom stereocenters. The number of hydrogen-bond donors (Lipinski definition) is 2. The molecule has 2 heterocycles. The summed E-state index contributed by atoms with van der Waals surface area (Å²) in [7, 11) is 2.01. The van der Waals surface area contributed by atoms with Crippen molar-refractivity contribution in [3.63, 3.8) is 0 Å². The fourth-order valence-corrected chi connectivity index (χ4v) is 4.36. The summed E-state index contributed by atoms with van der Waals surface area (Å²) in [6, 6.07) is 21.5. The van der Waals surface area contributed by atoms with Crippen molar-refractivity contribution < 1.29 is 9.84 Å². The van der Waals surface area contributed by atoms with Crippen LogP contribution in [0.15, 0.2) is 73.1 Å². The average molecular weight is 465 g/mol. The van der Waals surface area contributed by atoms with Gasteiger partial charge in [-0.3, -0.25) is 0 Å². The molecule has 1 fully saturated rings. The van der Waals surface area contributed by atoms with Gasteiger partial charge in [0.25, 0.3) is 0 Å². The number of likely N-dealkylation sites (tertiary alicyclic amines) is 1. The van der Waals surface area contributed by atoms with E-state index in [0.29, 0.717) is 18.8 Å². The smallest absolute Gasteiger partial charge is 0.141 e. The predicted octanol–water partition coefficient (Wildman–Crippen LogP) is 5.28. The first kappa shape index (κ1) is 22.9. The van der Waals surface area contributed by atoms with Crippen LogP contribution in [-0.4, -0.2) is 45.7 Å².